The molecule has 0 fully saturated rings. The molecule has 0 atom stereocenters. The van der Waals surface area contributed by atoms with E-state index in [1.54, 1.807) is 36.1 Å². The molecule has 0 bridgehead atoms. The lowest BCUT2D eigenvalue weighted by Gasteiger charge is -2.26. The Morgan fingerprint density at radius 1 is 1.36 bits per heavy atom. The Hall–Kier alpha value is -2.83. The average molecular weight is 342 g/mol. The van der Waals surface area contributed by atoms with Gasteiger partial charge in [-0.1, -0.05) is 0 Å². The van der Waals surface area contributed by atoms with E-state index in [-0.39, 0.29) is 11.9 Å². The van der Waals surface area contributed by atoms with Crippen molar-refractivity contribution in [1.82, 2.24) is 19.7 Å². The van der Waals surface area contributed by atoms with Crippen LogP contribution in [0.25, 0.3) is 11.0 Å². The molecule has 0 aliphatic heterocycles. The minimum absolute atomic E-state index is 0.00722. The second-order valence-electron chi connectivity index (χ2n) is 6.25. The van der Waals surface area contributed by atoms with Crippen molar-refractivity contribution >= 4 is 16.9 Å². The molecule has 0 N–H and O–H groups in total. The third-order valence-electron chi connectivity index (χ3n) is 4.15. The van der Waals surface area contributed by atoms with Crippen LogP contribution >= 0.6 is 0 Å². The van der Waals surface area contributed by atoms with Crippen molar-refractivity contribution in [2.75, 3.05) is 7.11 Å². The van der Waals surface area contributed by atoms with Gasteiger partial charge in [-0.05, 0) is 32.9 Å². The molecule has 0 spiro atoms. The van der Waals surface area contributed by atoms with Gasteiger partial charge in [0.15, 0.2) is 5.65 Å². The van der Waals surface area contributed by atoms with Gasteiger partial charge in [-0.2, -0.15) is 5.10 Å². The van der Waals surface area contributed by atoms with Crippen molar-refractivity contribution in [1.29, 1.82) is 0 Å². The molecule has 0 aromatic carbocycles. The lowest BCUT2D eigenvalue weighted by atomic mass is 10.1. The number of pyridine rings is 1. The minimum atomic E-state index is -0.154. The molecule has 7 heteroatoms. The SMILES string of the molecule is COc1c(C(=O)N(Cc2ccc(C)o2)C(C)C)cnc2c1cnn2C. The number of methoxy groups -OCH3 is 1. The molecule has 3 rings (SSSR count). The van der Waals surface area contributed by atoms with Gasteiger partial charge in [0.1, 0.15) is 22.8 Å². The fourth-order valence-electron chi connectivity index (χ4n) is 2.83. The predicted octanol–water partition coefficient (Wildman–Crippen LogP) is 2.93. The topological polar surface area (TPSA) is 73.4 Å². The monoisotopic (exact) mass is 342 g/mol. The number of aromatic nitrogens is 3. The number of rotatable bonds is 5. The largest absolute Gasteiger partial charge is 0.495 e. The van der Waals surface area contributed by atoms with Gasteiger partial charge in [0.2, 0.25) is 0 Å². The first kappa shape index (κ1) is 17.0. The number of furan rings is 1. The Bertz CT molecular complexity index is 910. The van der Waals surface area contributed by atoms with Crippen molar-refractivity contribution in [3.8, 4) is 5.75 Å². The van der Waals surface area contributed by atoms with Gasteiger partial charge in [-0.3, -0.25) is 9.48 Å². The van der Waals surface area contributed by atoms with Gasteiger partial charge in [0.25, 0.3) is 5.91 Å². The van der Waals surface area contributed by atoms with Gasteiger partial charge in [-0.25, -0.2) is 4.98 Å². The van der Waals surface area contributed by atoms with E-state index in [0.29, 0.717) is 28.9 Å². The van der Waals surface area contributed by atoms with Gasteiger partial charge in [0, 0.05) is 19.3 Å². The summed E-state index contributed by atoms with van der Waals surface area (Å²) < 4.78 is 12.8. The van der Waals surface area contributed by atoms with E-state index >= 15 is 0 Å². The number of hydrogen-bond donors (Lipinski definition) is 0. The van der Waals surface area contributed by atoms with E-state index < -0.39 is 0 Å². The molecular weight excluding hydrogens is 320 g/mol. The lowest BCUT2D eigenvalue weighted by Crippen LogP contribution is -2.36. The second-order valence-corrected chi connectivity index (χ2v) is 6.25. The maximum Gasteiger partial charge on any atom is 0.259 e. The summed E-state index contributed by atoms with van der Waals surface area (Å²) in [6.45, 7) is 6.21. The number of hydrogen-bond acceptors (Lipinski definition) is 5. The highest BCUT2D eigenvalue weighted by Crippen LogP contribution is 2.29. The molecular formula is C18H22N4O3. The highest BCUT2D eigenvalue weighted by Gasteiger charge is 2.25. The number of amides is 1. The number of carbonyl (C=O) groups is 1. The summed E-state index contributed by atoms with van der Waals surface area (Å²) in [6, 6.07) is 3.77. The van der Waals surface area contributed by atoms with Crippen molar-refractivity contribution in [3.63, 3.8) is 0 Å². The van der Waals surface area contributed by atoms with Crippen LogP contribution < -0.4 is 4.74 Å². The smallest absolute Gasteiger partial charge is 0.259 e. The van der Waals surface area contributed by atoms with Crippen LogP contribution in [0.15, 0.2) is 28.9 Å². The first-order valence-corrected chi connectivity index (χ1v) is 8.13. The number of ether oxygens (including phenoxy) is 1. The quantitative estimate of drug-likeness (QED) is 0.713. The summed E-state index contributed by atoms with van der Waals surface area (Å²) in [4.78, 5) is 19.3. The predicted molar refractivity (Wildman–Crippen MR) is 93.5 cm³/mol. The van der Waals surface area contributed by atoms with E-state index in [9.17, 15) is 4.79 Å². The zero-order valence-electron chi connectivity index (χ0n) is 15.1. The van der Waals surface area contributed by atoms with E-state index in [0.717, 1.165) is 11.5 Å². The maximum absolute atomic E-state index is 13.2. The van der Waals surface area contributed by atoms with Crippen molar-refractivity contribution < 1.29 is 13.9 Å². The van der Waals surface area contributed by atoms with Crippen LogP contribution in [0.5, 0.6) is 5.75 Å². The third-order valence-corrected chi connectivity index (χ3v) is 4.15. The summed E-state index contributed by atoms with van der Waals surface area (Å²) in [5, 5.41) is 4.91. The van der Waals surface area contributed by atoms with Crippen LogP contribution in [-0.2, 0) is 13.6 Å². The molecule has 0 unspecified atom stereocenters. The molecule has 0 aliphatic carbocycles. The summed E-state index contributed by atoms with van der Waals surface area (Å²) in [5.74, 6) is 1.90. The van der Waals surface area contributed by atoms with Crippen molar-refractivity contribution in [2.24, 2.45) is 7.05 Å². The molecule has 25 heavy (non-hydrogen) atoms. The van der Waals surface area contributed by atoms with Crippen LogP contribution in [0.1, 0.15) is 35.7 Å². The standard InChI is InChI=1S/C18H22N4O3/c1-11(2)22(10-13-7-6-12(3)25-13)18(23)15-8-19-17-14(16(15)24-5)9-20-21(17)4/h6-9,11H,10H2,1-5H3. The summed E-state index contributed by atoms with van der Waals surface area (Å²) >= 11 is 0. The molecule has 1 amide bonds. The van der Waals surface area contributed by atoms with Gasteiger partial charge >= 0.3 is 0 Å². The Balaban J connectivity index is 2.00. The lowest BCUT2D eigenvalue weighted by molar-refractivity contribution is 0.0672. The van der Waals surface area contributed by atoms with Crippen LogP contribution in [0.2, 0.25) is 0 Å². The fraction of sp³-hybridized carbons (Fsp3) is 0.389. The Labute approximate surface area is 146 Å². The number of fused-ring (bicyclic) bond motifs is 1. The molecule has 0 saturated carbocycles. The normalized spacial score (nSPS) is 11.3. The first-order valence-electron chi connectivity index (χ1n) is 8.13. The first-order chi connectivity index (χ1) is 11.9. The van der Waals surface area contributed by atoms with Gasteiger partial charge in [-0.15, -0.1) is 0 Å². The zero-order valence-corrected chi connectivity index (χ0v) is 15.1. The highest BCUT2D eigenvalue weighted by molar-refractivity contribution is 6.01. The van der Waals surface area contributed by atoms with E-state index in [1.807, 2.05) is 32.9 Å². The zero-order chi connectivity index (χ0) is 18.1. The van der Waals surface area contributed by atoms with E-state index in [1.165, 1.54) is 0 Å². The summed E-state index contributed by atoms with van der Waals surface area (Å²) in [5.41, 5.74) is 1.09. The van der Waals surface area contributed by atoms with Crippen LogP contribution in [-0.4, -0.2) is 38.7 Å². The molecule has 132 valence electrons. The molecule has 3 aromatic rings. The number of aryl methyl sites for hydroxylation is 2. The molecule has 7 nitrogen and oxygen atoms in total. The minimum Gasteiger partial charge on any atom is -0.495 e. The molecule has 0 saturated heterocycles. The van der Waals surface area contributed by atoms with Gasteiger partial charge < -0.3 is 14.1 Å². The van der Waals surface area contributed by atoms with Crippen molar-refractivity contribution in [3.05, 3.63) is 41.6 Å². The summed E-state index contributed by atoms with van der Waals surface area (Å²) in [6.07, 6.45) is 3.21. The second kappa shape index (κ2) is 6.58. The van der Waals surface area contributed by atoms with E-state index in [4.69, 9.17) is 9.15 Å². The summed E-state index contributed by atoms with van der Waals surface area (Å²) in [7, 11) is 3.35. The number of nitrogens with zero attached hydrogens (tertiary/aromatic N) is 4. The molecule has 0 aliphatic rings. The Kier molecular flexibility index (Phi) is 4.48. The molecule has 3 aromatic heterocycles. The van der Waals surface area contributed by atoms with E-state index in [2.05, 4.69) is 10.1 Å². The maximum atomic E-state index is 13.2. The van der Waals surface area contributed by atoms with Gasteiger partial charge in [0.05, 0.1) is 25.2 Å². The van der Waals surface area contributed by atoms with Crippen LogP contribution in [0.4, 0.5) is 0 Å². The Morgan fingerprint density at radius 2 is 2.12 bits per heavy atom. The molecule has 3 heterocycles. The third kappa shape index (κ3) is 3.09. The van der Waals surface area contributed by atoms with Crippen LogP contribution in [0.3, 0.4) is 0 Å². The van der Waals surface area contributed by atoms with Crippen LogP contribution in [0, 0.1) is 6.92 Å². The highest BCUT2D eigenvalue weighted by atomic mass is 16.5. The fourth-order valence-corrected chi connectivity index (χ4v) is 2.83. The molecule has 0 radical (unpaired) electrons. The average Bonchev–Trinajstić information content (AvgIpc) is 3.17. The number of carbonyl (C=O) groups excluding carboxylic acids is 1. The van der Waals surface area contributed by atoms with Crippen molar-refractivity contribution in [2.45, 2.75) is 33.4 Å². The Morgan fingerprint density at radius 3 is 2.72 bits per heavy atom.